The molecule has 0 aliphatic carbocycles. The van der Waals surface area contributed by atoms with Crippen LogP contribution in [0.2, 0.25) is 0 Å². The van der Waals surface area contributed by atoms with Crippen molar-refractivity contribution in [3.63, 3.8) is 0 Å². The molecule has 2 aromatic carbocycles. The average molecular weight is 534 g/mol. The minimum absolute atomic E-state index is 0.104. The van der Waals surface area contributed by atoms with Gasteiger partial charge in [0.2, 0.25) is 11.7 Å². The van der Waals surface area contributed by atoms with Crippen LogP contribution < -0.4 is 10.6 Å². The van der Waals surface area contributed by atoms with E-state index in [0.29, 0.717) is 12.7 Å². The lowest BCUT2D eigenvalue weighted by Crippen LogP contribution is -2.44. The second-order valence-corrected chi connectivity index (χ2v) is 9.15. The van der Waals surface area contributed by atoms with Crippen LogP contribution in [0.1, 0.15) is 11.5 Å². The lowest BCUT2D eigenvalue weighted by Gasteiger charge is -2.25. The number of anilines is 1. The van der Waals surface area contributed by atoms with E-state index in [9.17, 15) is 31.0 Å². The first-order valence-corrected chi connectivity index (χ1v) is 11.4. The van der Waals surface area contributed by atoms with Gasteiger partial charge in [-0.25, -0.2) is 8.78 Å². The van der Waals surface area contributed by atoms with Crippen LogP contribution in [0, 0.1) is 11.6 Å². The zero-order valence-corrected chi connectivity index (χ0v) is 19.0. The molecule has 0 fully saturated rings. The van der Waals surface area contributed by atoms with E-state index in [2.05, 4.69) is 19.4 Å². The average Bonchev–Trinajstić information content (AvgIpc) is 3.29. The van der Waals surface area contributed by atoms with Gasteiger partial charge in [-0.15, -0.1) is 0 Å². The highest BCUT2D eigenvalue weighted by molar-refractivity contribution is 7.85. The number of hydrogen-bond donors (Lipinski definition) is 1. The quantitative estimate of drug-likeness (QED) is 0.500. The molecule has 36 heavy (non-hydrogen) atoms. The van der Waals surface area contributed by atoms with Gasteiger partial charge in [-0.05, 0) is 29.8 Å². The van der Waals surface area contributed by atoms with Crippen LogP contribution >= 0.6 is 0 Å². The molecule has 1 aliphatic rings. The summed E-state index contributed by atoms with van der Waals surface area (Å²) in [6, 6.07) is 5.59. The molecule has 8 nitrogen and oxygen atoms in total. The number of alkyl halides is 4. The van der Waals surface area contributed by atoms with Crippen molar-refractivity contribution in [2.24, 2.45) is 5.73 Å². The van der Waals surface area contributed by atoms with Crippen molar-refractivity contribution in [1.29, 1.82) is 0 Å². The summed E-state index contributed by atoms with van der Waals surface area (Å²) in [6.45, 7) is -0.190. The third kappa shape index (κ3) is 4.49. The Hall–Kier alpha value is -3.30. The standard InChI is InChI=1S/C21H16F6N4O4S/c1-34-20(24,21(25,26)27)19-29-17(30-35-19)12-6-15-16(7-13(12)23)36(33)9-14(28)18(32)31(15)8-10-2-4-11(22)5-3-10/h2-7,14H,8-9,28H2,1H3/t14-,20?,36?/m0/s1. The van der Waals surface area contributed by atoms with Crippen LogP contribution in [0.3, 0.4) is 0 Å². The van der Waals surface area contributed by atoms with E-state index >= 15 is 4.39 Å². The number of amides is 1. The van der Waals surface area contributed by atoms with Crippen molar-refractivity contribution < 1.29 is 44.6 Å². The normalized spacial score (nSPS) is 20.1. The van der Waals surface area contributed by atoms with E-state index in [1.807, 2.05) is 0 Å². The van der Waals surface area contributed by atoms with Crippen LogP contribution in [0.4, 0.5) is 32.0 Å². The van der Waals surface area contributed by atoms with Gasteiger partial charge in [0, 0.05) is 7.11 Å². The largest absolute Gasteiger partial charge is 0.458 e. The zero-order chi connectivity index (χ0) is 26.4. The molecule has 0 spiro atoms. The molecule has 3 atom stereocenters. The number of carbonyl (C=O) groups excluding carboxylic acids is 1. The van der Waals surface area contributed by atoms with Gasteiger partial charge in [0.25, 0.3) is 0 Å². The Labute approximate surface area is 201 Å². The number of nitrogens with zero attached hydrogens (tertiary/aromatic N) is 3. The zero-order valence-electron chi connectivity index (χ0n) is 18.2. The summed E-state index contributed by atoms with van der Waals surface area (Å²) in [7, 11) is -1.51. The summed E-state index contributed by atoms with van der Waals surface area (Å²) < 4.78 is 103. The topological polar surface area (TPSA) is 112 Å². The third-order valence-electron chi connectivity index (χ3n) is 5.34. The number of ether oxygens (including phenoxy) is 1. The number of halogens is 6. The molecule has 0 saturated heterocycles. The number of benzene rings is 2. The van der Waals surface area contributed by atoms with Crippen LogP contribution in [0.25, 0.3) is 11.4 Å². The van der Waals surface area contributed by atoms with E-state index in [0.717, 1.165) is 29.2 Å². The number of fused-ring (bicyclic) bond motifs is 1. The summed E-state index contributed by atoms with van der Waals surface area (Å²) >= 11 is 0. The van der Waals surface area contributed by atoms with Gasteiger partial charge < -0.3 is 19.9 Å². The Balaban J connectivity index is 1.83. The Kier molecular flexibility index (Phi) is 6.66. The van der Waals surface area contributed by atoms with Crippen molar-refractivity contribution in [3.8, 4) is 11.4 Å². The molecule has 2 N–H and O–H groups in total. The molecule has 1 amide bonds. The van der Waals surface area contributed by atoms with Gasteiger partial charge in [0.1, 0.15) is 11.6 Å². The van der Waals surface area contributed by atoms with Crippen molar-refractivity contribution in [3.05, 3.63) is 59.5 Å². The summed E-state index contributed by atoms with van der Waals surface area (Å²) in [4.78, 5) is 17.3. The van der Waals surface area contributed by atoms with E-state index in [-0.39, 0.29) is 22.9 Å². The maximum Gasteiger partial charge on any atom is 0.458 e. The molecule has 2 heterocycles. The Morgan fingerprint density at radius 3 is 2.47 bits per heavy atom. The molecule has 0 radical (unpaired) electrons. The molecular weight excluding hydrogens is 518 g/mol. The van der Waals surface area contributed by atoms with Crippen molar-refractivity contribution in [2.45, 2.75) is 29.5 Å². The molecule has 1 aromatic heterocycles. The van der Waals surface area contributed by atoms with E-state index in [1.54, 1.807) is 0 Å². The minimum atomic E-state index is -5.59. The van der Waals surface area contributed by atoms with Crippen molar-refractivity contribution >= 4 is 22.4 Å². The highest BCUT2D eigenvalue weighted by atomic mass is 32.2. The molecule has 192 valence electrons. The maximum atomic E-state index is 15.0. The van der Waals surface area contributed by atoms with Gasteiger partial charge in [0.15, 0.2) is 0 Å². The second kappa shape index (κ2) is 9.29. The summed E-state index contributed by atoms with van der Waals surface area (Å²) in [5.41, 5.74) is 5.63. The van der Waals surface area contributed by atoms with Crippen LogP contribution in [-0.2, 0) is 32.7 Å². The number of hydrogen-bond acceptors (Lipinski definition) is 7. The molecular formula is C21H16F6N4O4S. The van der Waals surface area contributed by atoms with Crippen LogP contribution in [-0.4, -0.2) is 45.3 Å². The minimum Gasteiger partial charge on any atom is -0.335 e. The van der Waals surface area contributed by atoms with E-state index in [1.165, 1.54) is 12.1 Å². The predicted molar refractivity (Wildman–Crippen MR) is 112 cm³/mol. The summed E-state index contributed by atoms with van der Waals surface area (Å²) in [5.74, 6) is -9.57. The highest BCUT2D eigenvalue weighted by Gasteiger charge is 2.63. The molecule has 0 bridgehead atoms. The van der Waals surface area contributed by atoms with Gasteiger partial charge >= 0.3 is 17.9 Å². The van der Waals surface area contributed by atoms with E-state index in [4.69, 9.17) is 5.73 Å². The monoisotopic (exact) mass is 534 g/mol. The van der Waals surface area contributed by atoms with Crippen molar-refractivity contribution in [2.75, 3.05) is 17.8 Å². The molecule has 2 unspecified atom stereocenters. The second-order valence-electron chi connectivity index (χ2n) is 7.69. The Morgan fingerprint density at radius 2 is 1.86 bits per heavy atom. The van der Waals surface area contributed by atoms with Gasteiger partial charge in [-0.2, -0.15) is 22.5 Å². The number of aromatic nitrogens is 2. The van der Waals surface area contributed by atoms with Gasteiger partial charge in [0.05, 0.1) is 45.3 Å². The first-order valence-electron chi connectivity index (χ1n) is 10.0. The smallest absolute Gasteiger partial charge is 0.335 e. The molecule has 0 saturated carbocycles. The van der Waals surface area contributed by atoms with E-state index < -0.39 is 63.7 Å². The third-order valence-corrected chi connectivity index (χ3v) is 6.82. The summed E-state index contributed by atoms with van der Waals surface area (Å²) in [5, 5.41) is 3.23. The fraction of sp³-hybridized carbons (Fsp3) is 0.286. The predicted octanol–water partition coefficient (Wildman–Crippen LogP) is 3.33. The van der Waals surface area contributed by atoms with Gasteiger partial charge in [-0.1, -0.05) is 17.3 Å². The lowest BCUT2D eigenvalue weighted by atomic mass is 10.1. The number of carbonyl (C=O) groups is 1. The summed E-state index contributed by atoms with van der Waals surface area (Å²) in [6.07, 6.45) is -5.59. The molecule has 4 rings (SSSR count). The highest BCUT2D eigenvalue weighted by Crippen LogP contribution is 2.43. The number of rotatable bonds is 5. The van der Waals surface area contributed by atoms with Crippen LogP contribution in [0.15, 0.2) is 45.8 Å². The number of nitrogens with two attached hydrogens (primary N) is 1. The van der Waals surface area contributed by atoms with Gasteiger partial charge in [-0.3, -0.25) is 9.00 Å². The molecule has 3 aromatic rings. The first-order chi connectivity index (χ1) is 16.9. The fourth-order valence-corrected chi connectivity index (χ4v) is 4.76. The Morgan fingerprint density at radius 1 is 1.19 bits per heavy atom. The molecule has 1 aliphatic heterocycles. The lowest BCUT2D eigenvalue weighted by molar-refractivity contribution is -0.342. The number of methoxy groups -OCH3 is 1. The first kappa shape index (κ1) is 25.8. The maximum absolute atomic E-state index is 15.0. The molecule has 15 heteroatoms. The SMILES string of the molecule is COC(F)(c1nc(-c2cc3c(cc2F)S(=O)C[C@H](N)C(=O)N3Cc2ccc(F)cc2)no1)C(F)(F)F. The van der Waals surface area contributed by atoms with Crippen molar-refractivity contribution in [1.82, 2.24) is 10.1 Å². The Bertz CT molecular complexity index is 1330. The fourth-order valence-electron chi connectivity index (χ4n) is 3.47. The van der Waals surface area contributed by atoms with Crippen LogP contribution in [0.5, 0.6) is 0 Å².